The Bertz CT molecular complexity index is 1430. The van der Waals surface area contributed by atoms with Gasteiger partial charge < -0.3 is 24.4 Å². The van der Waals surface area contributed by atoms with E-state index in [1.165, 1.54) is 0 Å². The van der Waals surface area contributed by atoms with Crippen LogP contribution in [0.3, 0.4) is 0 Å². The Kier molecular flexibility index (Phi) is 14.6. The average molecular weight is 694 g/mol. The monoisotopic (exact) mass is 693 g/mol. The van der Waals surface area contributed by atoms with Gasteiger partial charge in [-0.05, 0) is 51.7 Å². The molecule has 4 amide bonds. The van der Waals surface area contributed by atoms with E-state index in [1.807, 2.05) is 60.7 Å². The highest BCUT2D eigenvalue weighted by Gasteiger charge is 2.55. The Morgan fingerprint density at radius 1 is 0.900 bits per heavy atom. The molecule has 2 aromatic carbocycles. The van der Waals surface area contributed by atoms with E-state index >= 15 is 0 Å². The number of hydrogen-bond donors (Lipinski definition) is 3. The maximum atomic E-state index is 13.5. The number of aliphatic imine (C=N–C) groups is 1. The van der Waals surface area contributed by atoms with Crippen molar-refractivity contribution in [2.24, 2.45) is 10.9 Å². The molecule has 2 atom stereocenters. The first kappa shape index (κ1) is 38.3. The van der Waals surface area contributed by atoms with Crippen LogP contribution in [0.5, 0.6) is 0 Å². The van der Waals surface area contributed by atoms with E-state index in [2.05, 4.69) is 46.6 Å². The second kappa shape index (κ2) is 19.0. The van der Waals surface area contributed by atoms with Gasteiger partial charge in [-0.3, -0.25) is 20.3 Å². The van der Waals surface area contributed by atoms with Crippen molar-refractivity contribution in [1.82, 2.24) is 30.7 Å². The van der Waals surface area contributed by atoms with E-state index in [9.17, 15) is 19.2 Å². The molecule has 0 saturated carbocycles. The zero-order valence-electron chi connectivity index (χ0n) is 29.6. The molecule has 2 aliphatic heterocycles. The summed E-state index contributed by atoms with van der Waals surface area (Å²) in [5.41, 5.74) is 1.80. The molecule has 0 aliphatic carbocycles. The Labute approximate surface area is 294 Å². The van der Waals surface area contributed by atoms with E-state index in [-0.39, 0.29) is 31.4 Å². The van der Waals surface area contributed by atoms with Gasteiger partial charge in [0.1, 0.15) is 13.3 Å². The number of carbonyl (C=O) groups is 4. The van der Waals surface area contributed by atoms with Crippen LogP contribution in [0.25, 0.3) is 0 Å². The number of nitrogens with one attached hydrogen (secondary N) is 3. The van der Waals surface area contributed by atoms with Gasteiger partial charge in [0.25, 0.3) is 0 Å². The van der Waals surface area contributed by atoms with Gasteiger partial charge in [-0.15, -0.1) is 0 Å². The minimum absolute atomic E-state index is 0.0232. The number of piperazine rings is 1. The zero-order valence-corrected chi connectivity index (χ0v) is 29.6. The van der Waals surface area contributed by atoms with Gasteiger partial charge in [0.2, 0.25) is 11.9 Å². The number of imide groups is 1. The number of urea groups is 1. The summed E-state index contributed by atoms with van der Waals surface area (Å²) in [6, 6.07) is 17.5. The molecule has 4 rings (SSSR count). The molecular formula is C36H51N7O7. The number of alkyl carbamates (subject to hydrolysis) is 1. The summed E-state index contributed by atoms with van der Waals surface area (Å²) in [5.74, 6) is -1.54. The van der Waals surface area contributed by atoms with Gasteiger partial charge in [0, 0.05) is 44.9 Å². The molecule has 50 heavy (non-hydrogen) atoms. The van der Waals surface area contributed by atoms with E-state index < -0.39 is 36.0 Å². The Morgan fingerprint density at radius 2 is 1.54 bits per heavy atom. The van der Waals surface area contributed by atoms with E-state index in [4.69, 9.17) is 14.2 Å². The molecule has 0 aromatic heterocycles. The Balaban J connectivity index is 1.29. The molecule has 0 spiro atoms. The summed E-state index contributed by atoms with van der Waals surface area (Å²) in [4.78, 5) is 61.6. The van der Waals surface area contributed by atoms with Crippen LogP contribution in [0.2, 0.25) is 0 Å². The summed E-state index contributed by atoms with van der Waals surface area (Å²) < 4.78 is 16.3. The minimum Gasteiger partial charge on any atom is -0.464 e. The highest BCUT2D eigenvalue weighted by molar-refractivity contribution is 6.07. The lowest BCUT2D eigenvalue weighted by Gasteiger charge is -2.47. The van der Waals surface area contributed by atoms with Crippen molar-refractivity contribution >= 4 is 30.0 Å². The molecular weight excluding hydrogens is 642 g/mol. The SMILES string of the molecule is CCOC(=O)C1C(CCCN/C(=N\COCc2ccccc2)NC(=O)OCc2ccccc2)C(=O)N1C(=O)N1CCN(CNC(C)(C)C)CC1. The minimum atomic E-state index is -0.985. The number of carbonyl (C=O) groups excluding carboxylic acids is 4. The predicted molar refractivity (Wildman–Crippen MR) is 188 cm³/mol. The smallest absolute Gasteiger partial charge is 0.414 e. The maximum Gasteiger partial charge on any atom is 0.414 e. The van der Waals surface area contributed by atoms with Gasteiger partial charge in [-0.2, -0.15) is 0 Å². The molecule has 0 radical (unpaired) electrons. The van der Waals surface area contributed by atoms with Crippen LogP contribution in [0.15, 0.2) is 65.7 Å². The molecule has 2 aliphatic rings. The van der Waals surface area contributed by atoms with Crippen molar-refractivity contribution in [3.63, 3.8) is 0 Å². The lowest BCUT2D eigenvalue weighted by Crippen LogP contribution is -2.69. The number of ether oxygens (including phenoxy) is 3. The van der Waals surface area contributed by atoms with Crippen molar-refractivity contribution in [2.45, 2.75) is 65.3 Å². The normalized spacial score (nSPS) is 18.3. The van der Waals surface area contributed by atoms with Crippen molar-refractivity contribution in [3.8, 4) is 0 Å². The number of guanidine groups is 1. The van der Waals surface area contributed by atoms with Gasteiger partial charge >= 0.3 is 18.1 Å². The number of esters is 1. The first-order valence-corrected chi connectivity index (χ1v) is 17.2. The van der Waals surface area contributed by atoms with Crippen LogP contribution in [0.4, 0.5) is 9.59 Å². The summed E-state index contributed by atoms with van der Waals surface area (Å²) >= 11 is 0. The van der Waals surface area contributed by atoms with Crippen LogP contribution in [0.1, 0.15) is 51.7 Å². The molecule has 14 heteroatoms. The molecule has 0 bridgehead atoms. The summed E-state index contributed by atoms with van der Waals surface area (Å²) in [6.07, 6.45) is 0.0696. The standard InChI is InChI=1S/C36H51N7O7/c1-5-49-32(45)30-29(31(44)43(30)35(47)42-21-19-41(20-22-42)25-39-36(2,3)4)17-12-18-37-33(38-26-48-23-27-13-8-6-9-14-27)40-34(46)50-24-28-15-10-7-11-16-28/h6-11,13-16,29-30,39H,5,12,17-26H2,1-4H3,(H2,37,38,40,46). The third kappa shape index (κ3) is 11.8. The lowest BCUT2D eigenvalue weighted by molar-refractivity contribution is -0.170. The van der Waals surface area contributed by atoms with Gasteiger partial charge in [-0.25, -0.2) is 24.3 Å². The quantitative estimate of drug-likeness (QED) is 0.0884. The summed E-state index contributed by atoms with van der Waals surface area (Å²) in [5, 5.41) is 9.15. The summed E-state index contributed by atoms with van der Waals surface area (Å²) in [7, 11) is 0. The number of benzene rings is 2. The van der Waals surface area contributed by atoms with E-state index in [0.29, 0.717) is 58.8 Å². The van der Waals surface area contributed by atoms with Crippen molar-refractivity contribution in [3.05, 3.63) is 71.8 Å². The zero-order chi connectivity index (χ0) is 35.9. The molecule has 272 valence electrons. The second-order valence-electron chi connectivity index (χ2n) is 13.2. The number of nitrogens with zero attached hydrogens (tertiary/aromatic N) is 4. The van der Waals surface area contributed by atoms with Gasteiger partial charge in [0.05, 0.1) is 19.1 Å². The molecule has 2 saturated heterocycles. The fraction of sp³-hybridized carbons (Fsp3) is 0.528. The Morgan fingerprint density at radius 3 is 2.16 bits per heavy atom. The van der Waals surface area contributed by atoms with Crippen molar-refractivity contribution < 1.29 is 33.4 Å². The van der Waals surface area contributed by atoms with Gasteiger partial charge in [-0.1, -0.05) is 60.7 Å². The molecule has 2 heterocycles. The third-order valence-corrected chi connectivity index (χ3v) is 8.27. The molecule has 2 unspecified atom stereocenters. The van der Waals surface area contributed by atoms with Gasteiger partial charge in [0.15, 0.2) is 6.04 Å². The highest BCUT2D eigenvalue weighted by Crippen LogP contribution is 2.33. The second-order valence-corrected chi connectivity index (χ2v) is 13.2. The Hall–Kier alpha value is -4.53. The fourth-order valence-corrected chi connectivity index (χ4v) is 5.51. The van der Waals surface area contributed by atoms with E-state index in [0.717, 1.165) is 16.0 Å². The highest BCUT2D eigenvalue weighted by atomic mass is 16.5. The lowest BCUT2D eigenvalue weighted by atomic mass is 9.83. The third-order valence-electron chi connectivity index (χ3n) is 8.27. The van der Waals surface area contributed by atoms with Crippen molar-refractivity contribution in [2.75, 3.05) is 52.7 Å². The fourth-order valence-electron chi connectivity index (χ4n) is 5.51. The number of hydrogen-bond acceptors (Lipinski definition) is 10. The number of likely N-dealkylation sites (tertiary alicyclic amines) is 1. The van der Waals surface area contributed by atoms with Crippen LogP contribution in [-0.2, 0) is 37.0 Å². The largest absolute Gasteiger partial charge is 0.464 e. The average Bonchev–Trinajstić information content (AvgIpc) is 3.11. The topological polar surface area (TPSA) is 154 Å². The number of rotatable bonds is 14. The summed E-state index contributed by atoms with van der Waals surface area (Å²) in [6.45, 7) is 11.8. The maximum absolute atomic E-state index is 13.5. The van der Waals surface area contributed by atoms with Crippen LogP contribution in [0, 0.1) is 5.92 Å². The first-order chi connectivity index (χ1) is 24.1. The van der Waals surface area contributed by atoms with Crippen LogP contribution >= 0.6 is 0 Å². The molecule has 2 aromatic rings. The molecule has 2 fully saturated rings. The van der Waals surface area contributed by atoms with Crippen LogP contribution in [-0.4, -0.2) is 109 Å². The van der Waals surface area contributed by atoms with E-state index in [1.54, 1.807) is 11.8 Å². The molecule has 3 N–H and O–H groups in total. The molecule has 14 nitrogen and oxygen atoms in total. The predicted octanol–water partition coefficient (Wildman–Crippen LogP) is 3.29. The number of β-lactam (4-membered cyclic amide) rings is 1. The van der Waals surface area contributed by atoms with Crippen molar-refractivity contribution in [1.29, 1.82) is 0 Å². The van der Waals surface area contributed by atoms with Crippen LogP contribution < -0.4 is 16.0 Å². The first-order valence-electron chi connectivity index (χ1n) is 17.2. The number of amides is 4.